The lowest BCUT2D eigenvalue weighted by molar-refractivity contribution is -0.144. The molecule has 0 spiro atoms. The molecule has 0 unspecified atom stereocenters. The number of halogens is 2. The van der Waals surface area contributed by atoms with E-state index >= 15 is 0 Å². The van der Waals surface area contributed by atoms with Crippen molar-refractivity contribution in [2.75, 3.05) is 11.9 Å². The van der Waals surface area contributed by atoms with Gasteiger partial charge in [0.1, 0.15) is 12.4 Å². The highest BCUT2D eigenvalue weighted by atomic mass is 35.5. The molecule has 1 aromatic carbocycles. The molecule has 1 saturated heterocycles. The smallest absolute Gasteiger partial charge is 0.323 e. The first-order valence-electron chi connectivity index (χ1n) is 9.70. The first-order valence-corrected chi connectivity index (χ1v) is 10.1. The van der Waals surface area contributed by atoms with Crippen molar-refractivity contribution in [3.8, 4) is 0 Å². The summed E-state index contributed by atoms with van der Waals surface area (Å²) >= 11 is 5.87. The van der Waals surface area contributed by atoms with E-state index in [9.17, 15) is 23.6 Å². The number of fused-ring (bicyclic) bond motifs is 2. The Kier molecular flexibility index (Phi) is 5.06. The minimum Gasteiger partial charge on any atom is -0.323 e. The van der Waals surface area contributed by atoms with Crippen LogP contribution < -0.4 is 5.32 Å². The molecule has 2 saturated carbocycles. The van der Waals surface area contributed by atoms with Crippen LogP contribution in [0.25, 0.3) is 0 Å². The summed E-state index contributed by atoms with van der Waals surface area (Å²) in [7, 11) is 0. The van der Waals surface area contributed by atoms with E-state index in [0.29, 0.717) is 16.7 Å². The van der Waals surface area contributed by atoms with Gasteiger partial charge in [0, 0.05) is 6.04 Å². The van der Waals surface area contributed by atoms with E-state index in [4.69, 9.17) is 11.6 Å². The monoisotopic (exact) mass is 421 g/mol. The molecule has 4 atom stereocenters. The summed E-state index contributed by atoms with van der Waals surface area (Å²) in [6.45, 7) is 1.19. The number of hydrogen-bond acceptors (Lipinski definition) is 4. The van der Waals surface area contributed by atoms with Crippen molar-refractivity contribution in [2.24, 2.45) is 17.8 Å². The molecule has 1 heterocycles. The van der Waals surface area contributed by atoms with Crippen molar-refractivity contribution in [3.63, 3.8) is 0 Å². The molecule has 0 radical (unpaired) electrons. The Morgan fingerprint density at radius 1 is 1.24 bits per heavy atom. The maximum Gasteiger partial charge on any atom is 0.334 e. The third-order valence-electron chi connectivity index (χ3n) is 6.41. The third-order valence-corrected chi connectivity index (χ3v) is 6.72. The molecule has 5 amide bonds. The van der Waals surface area contributed by atoms with E-state index < -0.39 is 36.1 Å². The van der Waals surface area contributed by atoms with Crippen LogP contribution in [0.5, 0.6) is 0 Å². The van der Waals surface area contributed by atoms with E-state index in [1.807, 2.05) is 0 Å². The second-order valence-electron chi connectivity index (χ2n) is 8.10. The molecule has 3 fully saturated rings. The third kappa shape index (κ3) is 3.50. The molecule has 0 aromatic heterocycles. The number of hydrogen-bond donors (Lipinski definition) is 1. The van der Waals surface area contributed by atoms with Crippen molar-refractivity contribution in [1.29, 1.82) is 0 Å². The summed E-state index contributed by atoms with van der Waals surface area (Å²) in [6, 6.07) is 2.28. The number of benzene rings is 1. The van der Waals surface area contributed by atoms with E-state index in [0.717, 1.165) is 36.3 Å². The van der Waals surface area contributed by atoms with E-state index in [1.54, 1.807) is 6.92 Å². The van der Waals surface area contributed by atoms with Gasteiger partial charge in [0.2, 0.25) is 5.91 Å². The Morgan fingerprint density at radius 2 is 2.00 bits per heavy atom. The Balaban J connectivity index is 1.44. The summed E-state index contributed by atoms with van der Waals surface area (Å²) in [5.41, 5.74) is 0.149. The summed E-state index contributed by atoms with van der Waals surface area (Å²) < 4.78 is 13.1. The molecule has 9 heteroatoms. The highest BCUT2D eigenvalue weighted by molar-refractivity contribution is 6.45. The van der Waals surface area contributed by atoms with Gasteiger partial charge in [-0.15, -0.1) is 0 Å². The average molecular weight is 422 g/mol. The summed E-state index contributed by atoms with van der Waals surface area (Å²) in [4.78, 5) is 51.6. The standard InChI is InChI=1S/C20H21ClFN3O4/c1-10(14-7-11-2-3-12(14)6-11)25-19(28)18(27)24(20(25)29)9-17(26)23-16-5-4-13(22)8-15(16)21/h4-5,8,10-12,14H,2-3,6-7,9H2,1H3,(H,23,26)/t10-,11-,12-,14+/m0/s1. The number of nitrogens with one attached hydrogen (secondary N) is 1. The number of urea groups is 1. The van der Waals surface area contributed by atoms with Crippen LogP contribution in [0, 0.1) is 23.6 Å². The Hall–Kier alpha value is -2.48. The molecule has 2 bridgehead atoms. The quantitative estimate of drug-likeness (QED) is 0.584. The Morgan fingerprint density at radius 3 is 2.62 bits per heavy atom. The SMILES string of the molecule is C[C@@H]([C@H]1C[C@H]2CC[C@H]1C2)N1C(=O)C(=O)N(CC(=O)Nc2ccc(F)cc2Cl)C1=O. The largest absolute Gasteiger partial charge is 0.334 e. The number of carbonyl (C=O) groups is 4. The van der Waals surface area contributed by atoms with Crippen LogP contribution in [0.15, 0.2) is 18.2 Å². The topological polar surface area (TPSA) is 86.8 Å². The zero-order valence-corrected chi connectivity index (χ0v) is 16.6. The highest BCUT2D eigenvalue weighted by Gasteiger charge is 2.52. The fourth-order valence-corrected chi connectivity index (χ4v) is 5.24. The number of carbonyl (C=O) groups excluding carboxylic acids is 4. The lowest BCUT2D eigenvalue weighted by atomic mass is 9.83. The predicted molar refractivity (Wildman–Crippen MR) is 102 cm³/mol. The minimum absolute atomic E-state index is 0.0139. The molecule has 2 aliphatic carbocycles. The molecule has 1 aromatic rings. The van der Waals surface area contributed by atoms with Gasteiger partial charge < -0.3 is 5.32 Å². The number of anilines is 1. The number of rotatable bonds is 5. The predicted octanol–water partition coefficient (Wildman–Crippen LogP) is 3.03. The van der Waals surface area contributed by atoms with Gasteiger partial charge >= 0.3 is 17.8 Å². The Bertz CT molecular complexity index is 908. The second-order valence-corrected chi connectivity index (χ2v) is 8.51. The summed E-state index contributed by atoms with van der Waals surface area (Å²) in [5, 5.41) is 2.41. The van der Waals surface area contributed by atoms with Crippen molar-refractivity contribution < 1.29 is 23.6 Å². The van der Waals surface area contributed by atoms with Gasteiger partial charge in [-0.25, -0.2) is 14.1 Å². The van der Waals surface area contributed by atoms with Crippen LogP contribution in [0.3, 0.4) is 0 Å². The lowest BCUT2D eigenvalue weighted by Crippen LogP contribution is -2.45. The first-order chi connectivity index (χ1) is 13.8. The molecule has 1 aliphatic heterocycles. The van der Waals surface area contributed by atoms with Crippen molar-refractivity contribution >= 4 is 41.0 Å². The average Bonchev–Trinajstić information content (AvgIpc) is 3.35. The van der Waals surface area contributed by atoms with E-state index in [2.05, 4.69) is 5.32 Å². The van der Waals surface area contributed by atoms with Gasteiger partial charge in [-0.05, 0) is 62.1 Å². The molecule has 4 rings (SSSR count). The number of imide groups is 2. The minimum atomic E-state index is -1.01. The maximum absolute atomic E-state index is 13.1. The number of nitrogens with zero attached hydrogens (tertiary/aromatic N) is 2. The van der Waals surface area contributed by atoms with E-state index in [-0.39, 0.29) is 22.7 Å². The molecular weight excluding hydrogens is 401 g/mol. The zero-order chi connectivity index (χ0) is 20.9. The lowest BCUT2D eigenvalue weighted by Gasteiger charge is -2.32. The van der Waals surface area contributed by atoms with Crippen molar-refractivity contribution in [1.82, 2.24) is 9.80 Å². The van der Waals surface area contributed by atoms with Crippen LogP contribution in [0.1, 0.15) is 32.6 Å². The van der Waals surface area contributed by atoms with Gasteiger partial charge in [-0.3, -0.25) is 19.3 Å². The molecule has 154 valence electrons. The maximum atomic E-state index is 13.1. The van der Waals surface area contributed by atoms with Gasteiger partial charge in [-0.2, -0.15) is 0 Å². The summed E-state index contributed by atoms with van der Waals surface area (Å²) in [5.74, 6) is -1.86. The molecule has 3 aliphatic rings. The van der Waals surface area contributed by atoms with Gasteiger partial charge in [0.15, 0.2) is 0 Å². The first kappa shape index (κ1) is 19.8. The summed E-state index contributed by atoms with van der Waals surface area (Å²) in [6.07, 6.45) is 4.35. The highest BCUT2D eigenvalue weighted by Crippen LogP contribution is 2.50. The normalized spacial score (nSPS) is 27.1. The van der Waals surface area contributed by atoms with Gasteiger partial charge in [0.05, 0.1) is 10.7 Å². The molecular formula is C20H21ClFN3O4. The fraction of sp³-hybridized carbons (Fsp3) is 0.500. The van der Waals surface area contributed by atoms with Crippen LogP contribution in [0.4, 0.5) is 14.9 Å². The Labute approximate surface area is 172 Å². The fourth-order valence-electron chi connectivity index (χ4n) is 5.02. The zero-order valence-electron chi connectivity index (χ0n) is 15.9. The van der Waals surface area contributed by atoms with Crippen LogP contribution in [-0.4, -0.2) is 46.1 Å². The van der Waals surface area contributed by atoms with E-state index in [1.165, 1.54) is 12.5 Å². The molecule has 29 heavy (non-hydrogen) atoms. The van der Waals surface area contributed by atoms with Crippen LogP contribution >= 0.6 is 11.6 Å². The van der Waals surface area contributed by atoms with Gasteiger partial charge in [0.25, 0.3) is 0 Å². The molecule has 7 nitrogen and oxygen atoms in total. The number of amides is 5. The van der Waals surface area contributed by atoms with Crippen molar-refractivity contribution in [2.45, 2.75) is 38.6 Å². The van der Waals surface area contributed by atoms with Crippen LogP contribution in [-0.2, 0) is 14.4 Å². The second kappa shape index (κ2) is 7.40. The van der Waals surface area contributed by atoms with Crippen LogP contribution in [0.2, 0.25) is 5.02 Å². The van der Waals surface area contributed by atoms with Gasteiger partial charge in [-0.1, -0.05) is 18.0 Å². The van der Waals surface area contributed by atoms with Crippen molar-refractivity contribution in [3.05, 3.63) is 29.0 Å². The molecule has 1 N–H and O–H groups in total.